The predicted octanol–water partition coefficient (Wildman–Crippen LogP) is 2.67. The van der Waals surface area contributed by atoms with Crippen LogP contribution in [0, 0.1) is 11.8 Å². The van der Waals surface area contributed by atoms with Gasteiger partial charge in [-0.15, -0.1) is 0 Å². The summed E-state index contributed by atoms with van der Waals surface area (Å²) in [5, 5.41) is 10.9. The van der Waals surface area contributed by atoms with Crippen molar-refractivity contribution in [2.45, 2.75) is 40.2 Å². The molecule has 0 bridgehead atoms. The third kappa shape index (κ3) is 5.74. The lowest BCUT2D eigenvalue weighted by Gasteiger charge is -2.25. The molecule has 6 nitrogen and oxygen atoms in total. The Hall–Kier alpha value is -2.08. The van der Waals surface area contributed by atoms with Crippen LogP contribution in [0.15, 0.2) is 24.3 Å². The van der Waals surface area contributed by atoms with Gasteiger partial charge in [-0.2, -0.15) is 0 Å². The average molecular weight is 352 g/mol. The zero-order chi connectivity index (χ0) is 19.0. The number of ether oxygens (including phenoxy) is 3. The number of benzene rings is 1. The quantitative estimate of drug-likeness (QED) is 0.543. The molecule has 0 amide bonds. The largest absolute Gasteiger partial charge is 0.494 e. The maximum Gasteiger partial charge on any atom is 0.354 e. The van der Waals surface area contributed by atoms with Crippen LogP contribution in [0.25, 0.3) is 0 Å². The van der Waals surface area contributed by atoms with Crippen molar-refractivity contribution in [2.24, 2.45) is 11.8 Å². The summed E-state index contributed by atoms with van der Waals surface area (Å²) in [6.45, 7) is 9.96. The third-order valence-corrected chi connectivity index (χ3v) is 3.27. The van der Waals surface area contributed by atoms with E-state index in [1.165, 1.54) is 12.1 Å². The normalized spacial score (nSPS) is 11.5. The lowest BCUT2D eigenvalue weighted by molar-refractivity contribution is -0.186. The van der Waals surface area contributed by atoms with E-state index in [0.717, 1.165) is 0 Å². The predicted molar refractivity (Wildman–Crippen MR) is 93.1 cm³/mol. The molecule has 0 radical (unpaired) electrons. The molecule has 0 saturated heterocycles. The van der Waals surface area contributed by atoms with Gasteiger partial charge in [-0.25, -0.2) is 9.59 Å². The van der Waals surface area contributed by atoms with Gasteiger partial charge in [-0.3, -0.25) is 0 Å². The number of rotatable bonds is 9. The molecule has 0 aliphatic heterocycles. The molecular weight excluding hydrogens is 324 g/mol. The van der Waals surface area contributed by atoms with E-state index in [0.29, 0.717) is 12.4 Å². The van der Waals surface area contributed by atoms with Crippen LogP contribution in [0.5, 0.6) is 5.75 Å². The van der Waals surface area contributed by atoms with Gasteiger partial charge in [0, 0.05) is 5.56 Å². The molecule has 0 saturated carbocycles. The molecule has 25 heavy (non-hydrogen) atoms. The van der Waals surface area contributed by atoms with Crippen LogP contribution in [0.4, 0.5) is 0 Å². The monoisotopic (exact) mass is 352 g/mol. The van der Waals surface area contributed by atoms with Gasteiger partial charge < -0.3 is 19.3 Å². The molecule has 0 spiro atoms. The van der Waals surface area contributed by atoms with E-state index in [-0.39, 0.29) is 30.6 Å². The van der Waals surface area contributed by atoms with E-state index >= 15 is 0 Å². The molecule has 0 aromatic heterocycles. The van der Waals surface area contributed by atoms with E-state index in [4.69, 9.17) is 14.2 Å². The Bertz CT molecular complexity index is 538. The van der Waals surface area contributed by atoms with E-state index in [2.05, 4.69) is 0 Å². The van der Waals surface area contributed by atoms with Crippen LogP contribution in [-0.2, 0) is 24.7 Å². The Morgan fingerprint density at radius 2 is 1.40 bits per heavy atom. The molecule has 1 rings (SSSR count). The maximum absolute atomic E-state index is 12.5. The first-order valence-corrected chi connectivity index (χ1v) is 8.51. The molecule has 0 aliphatic carbocycles. The molecule has 0 heterocycles. The van der Waals surface area contributed by atoms with Gasteiger partial charge in [0.05, 0.1) is 19.8 Å². The minimum atomic E-state index is -2.51. The summed E-state index contributed by atoms with van der Waals surface area (Å²) >= 11 is 0. The Morgan fingerprint density at radius 3 is 1.76 bits per heavy atom. The zero-order valence-corrected chi connectivity index (χ0v) is 15.6. The molecule has 0 aliphatic rings. The minimum absolute atomic E-state index is 0.0696. The minimum Gasteiger partial charge on any atom is -0.494 e. The van der Waals surface area contributed by atoms with Crippen LogP contribution < -0.4 is 4.74 Å². The Kier molecular flexibility index (Phi) is 7.90. The fourth-order valence-corrected chi connectivity index (χ4v) is 1.97. The van der Waals surface area contributed by atoms with Crippen LogP contribution in [-0.4, -0.2) is 36.9 Å². The van der Waals surface area contributed by atoms with Gasteiger partial charge in [0.15, 0.2) is 0 Å². The summed E-state index contributed by atoms with van der Waals surface area (Å²) in [5.41, 5.74) is -2.42. The first-order valence-electron chi connectivity index (χ1n) is 8.51. The van der Waals surface area contributed by atoms with Gasteiger partial charge in [0.2, 0.25) is 0 Å². The van der Waals surface area contributed by atoms with Crippen LogP contribution in [0.2, 0.25) is 0 Å². The summed E-state index contributed by atoms with van der Waals surface area (Å²) in [6.07, 6.45) is 0. The van der Waals surface area contributed by atoms with Crippen molar-refractivity contribution in [3.63, 3.8) is 0 Å². The van der Waals surface area contributed by atoms with E-state index in [1.54, 1.807) is 12.1 Å². The molecule has 0 unspecified atom stereocenters. The molecule has 1 aromatic rings. The highest BCUT2D eigenvalue weighted by Gasteiger charge is 2.49. The number of carbonyl (C=O) groups excluding carboxylic acids is 2. The second kappa shape index (κ2) is 9.42. The van der Waals surface area contributed by atoms with Gasteiger partial charge >= 0.3 is 11.9 Å². The van der Waals surface area contributed by atoms with Crippen molar-refractivity contribution in [3.05, 3.63) is 29.8 Å². The van der Waals surface area contributed by atoms with Crippen molar-refractivity contribution in [3.8, 4) is 5.75 Å². The summed E-state index contributed by atoms with van der Waals surface area (Å²) < 4.78 is 15.6. The third-order valence-electron chi connectivity index (χ3n) is 3.27. The number of hydrogen-bond acceptors (Lipinski definition) is 6. The molecule has 0 fully saturated rings. The highest BCUT2D eigenvalue weighted by molar-refractivity contribution is 6.04. The van der Waals surface area contributed by atoms with E-state index < -0.39 is 17.5 Å². The fraction of sp³-hybridized carbons (Fsp3) is 0.579. The SMILES string of the molecule is CCOc1ccc(C(O)(C(=O)OCC(C)C)C(=O)OCC(C)C)cc1. The zero-order valence-electron chi connectivity index (χ0n) is 15.6. The first-order chi connectivity index (χ1) is 11.7. The molecular formula is C19H28O6. The van der Waals surface area contributed by atoms with Crippen molar-refractivity contribution < 1.29 is 28.9 Å². The Morgan fingerprint density at radius 1 is 0.960 bits per heavy atom. The number of hydrogen-bond donors (Lipinski definition) is 1. The second-order valence-corrected chi connectivity index (χ2v) is 6.65. The van der Waals surface area contributed by atoms with Gasteiger partial charge in [0.25, 0.3) is 5.60 Å². The summed E-state index contributed by atoms with van der Waals surface area (Å²) in [4.78, 5) is 24.9. The lowest BCUT2D eigenvalue weighted by Crippen LogP contribution is -2.46. The molecule has 1 N–H and O–H groups in total. The lowest BCUT2D eigenvalue weighted by atomic mass is 9.93. The fourth-order valence-electron chi connectivity index (χ4n) is 1.97. The Labute approximate surface area is 149 Å². The first kappa shape index (κ1) is 21.0. The van der Waals surface area contributed by atoms with Crippen LogP contribution >= 0.6 is 0 Å². The van der Waals surface area contributed by atoms with Crippen molar-refractivity contribution in [2.75, 3.05) is 19.8 Å². The van der Waals surface area contributed by atoms with Crippen molar-refractivity contribution in [1.82, 2.24) is 0 Å². The number of esters is 2. The molecule has 0 atom stereocenters. The average Bonchev–Trinajstić information content (AvgIpc) is 2.57. The summed E-state index contributed by atoms with van der Waals surface area (Å²) in [6, 6.07) is 6.07. The summed E-state index contributed by atoms with van der Waals surface area (Å²) in [7, 11) is 0. The number of aliphatic hydroxyl groups is 1. The smallest absolute Gasteiger partial charge is 0.354 e. The number of carbonyl (C=O) groups is 2. The van der Waals surface area contributed by atoms with Gasteiger partial charge in [-0.1, -0.05) is 39.8 Å². The molecule has 6 heteroatoms. The van der Waals surface area contributed by atoms with Gasteiger partial charge in [0.1, 0.15) is 5.75 Å². The molecule has 140 valence electrons. The second-order valence-electron chi connectivity index (χ2n) is 6.65. The van der Waals surface area contributed by atoms with E-state index in [9.17, 15) is 14.7 Å². The van der Waals surface area contributed by atoms with Crippen molar-refractivity contribution >= 4 is 11.9 Å². The topological polar surface area (TPSA) is 82.1 Å². The Balaban J connectivity index is 3.12. The van der Waals surface area contributed by atoms with Gasteiger partial charge in [-0.05, 0) is 30.9 Å². The van der Waals surface area contributed by atoms with Crippen molar-refractivity contribution in [1.29, 1.82) is 0 Å². The highest BCUT2D eigenvalue weighted by atomic mass is 16.6. The van der Waals surface area contributed by atoms with Crippen LogP contribution in [0.1, 0.15) is 40.2 Å². The van der Waals surface area contributed by atoms with Crippen LogP contribution in [0.3, 0.4) is 0 Å². The maximum atomic E-state index is 12.5. The molecule has 1 aromatic carbocycles. The standard InChI is InChI=1S/C19H28O6/c1-6-23-16-9-7-15(8-10-16)19(22,17(20)24-11-13(2)3)18(21)25-12-14(4)5/h7-10,13-14,22H,6,11-12H2,1-5H3. The summed E-state index contributed by atoms with van der Waals surface area (Å²) in [5.74, 6) is -1.38. The highest BCUT2D eigenvalue weighted by Crippen LogP contribution is 2.27. The van der Waals surface area contributed by atoms with E-state index in [1.807, 2.05) is 34.6 Å².